The molecule has 6 nitrogen and oxygen atoms in total. The summed E-state index contributed by atoms with van der Waals surface area (Å²) in [5.41, 5.74) is 7.94. The van der Waals surface area contributed by atoms with E-state index in [1.807, 2.05) is 50.2 Å². The van der Waals surface area contributed by atoms with Crippen molar-refractivity contribution in [3.05, 3.63) is 60.3 Å². The molecule has 0 saturated carbocycles. The largest absolute Gasteiger partial charge is 0.491 e. The van der Waals surface area contributed by atoms with Crippen molar-refractivity contribution in [1.82, 2.24) is 9.97 Å². The smallest absolute Gasteiger partial charge is 0.320 e. The van der Waals surface area contributed by atoms with Crippen molar-refractivity contribution in [3.63, 3.8) is 0 Å². The SMILES string of the molecule is CC(C)Oc1ccccc1CN(C(N)=O)c1ccc2ncccc2n1. The van der Waals surface area contributed by atoms with Crippen LogP contribution in [0.25, 0.3) is 11.0 Å². The second-order valence-corrected chi connectivity index (χ2v) is 5.91. The molecule has 0 fully saturated rings. The number of benzene rings is 1. The number of rotatable bonds is 5. The molecule has 0 unspecified atom stereocenters. The number of ether oxygens (including phenoxy) is 1. The van der Waals surface area contributed by atoms with Crippen molar-refractivity contribution in [1.29, 1.82) is 0 Å². The van der Waals surface area contributed by atoms with Crippen molar-refractivity contribution in [2.24, 2.45) is 5.73 Å². The summed E-state index contributed by atoms with van der Waals surface area (Å²) < 4.78 is 5.82. The van der Waals surface area contributed by atoms with Gasteiger partial charge in [0.2, 0.25) is 0 Å². The van der Waals surface area contributed by atoms with Crippen LogP contribution in [0.5, 0.6) is 5.75 Å². The second kappa shape index (κ2) is 7.17. The Labute approximate surface area is 146 Å². The number of amides is 2. The molecule has 3 rings (SSSR count). The normalized spacial score (nSPS) is 10.8. The Hall–Kier alpha value is -3.15. The molecule has 1 aromatic carbocycles. The highest BCUT2D eigenvalue weighted by Gasteiger charge is 2.17. The van der Waals surface area contributed by atoms with Crippen molar-refractivity contribution < 1.29 is 9.53 Å². The predicted octanol–water partition coefficient (Wildman–Crippen LogP) is 3.50. The fourth-order valence-corrected chi connectivity index (χ4v) is 2.54. The van der Waals surface area contributed by atoms with Crippen LogP contribution in [-0.4, -0.2) is 22.1 Å². The molecule has 25 heavy (non-hydrogen) atoms. The van der Waals surface area contributed by atoms with E-state index < -0.39 is 6.03 Å². The summed E-state index contributed by atoms with van der Waals surface area (Å²) in [7, 11) is 0. The molecule has 0 radical (unpaired) electrons. The minimum Gasteiger partial charge on any atom is -0.491 e. The number of hydrogen-bond donors (Lipinski definition) is 1. The van der Waals surface area contributed by atoms with E-state index in [0.717, 1.165) is 16.8 Å². The van der Waals surface area contributed by atoms with Gasteiger partial charge < -0.3 is 10.5 Å². The molecule has 0 spiro atoms. The number of carbonyl (C=O) groups is 1. The molecule has 0 aliphatic carbocycles. The lowest BCUT2D eigenvalue weighted by atomic mass is 10.2. The molecular weight excluding hydrogens is 316 g/mol. The molecule has 128 valence electrons. The number of fused-ring (bicyclic) bond motifs is 1. The van der Waals surface area contributed by atoms with Gasteiger partial charge in [0.25, 0.3) is 0 Å². The molecule has 0 atom stereocenters. The maximum Gasteiger partial charge on any atom is 0.320 e. The van der Waals surface area contributed by atoms with E-state index in [2.05, 4.69) is 9.97 Å². The van der Waals surface area contributed by atoms with E-state index >= 15 is 0 Å². The van der Waals surface area contributed by atoms with Crippen LogP contribution in [0.2, 0.25) is 0 Å². The molecule has 2 amide bonds. The quantitative estimate of drug-likeness (QED) is 0.773. The van der Waals surface area contributed by atoms with Crippen molar-refractivity contribution in [2.75, 3.05) is 4.90 Å². The number of carbonyl (C=O) groups excluding carboxylic acids is 1. The van der Waals surface area contributed by atoms with Crippen LogP contribution in [-0.2, 0) is 6.54 Å². The maximum atomic E-state index is 12.0. The molecule has 3 aromatic rings. The van der Waals surface area contributed by atoms with Gasteiger partial charge in [-0.05, 0) is 44.2 Å². The Morgan fingerprint density at radius 2 is 1.92 bits per heavy atom. The van der Waals surface area contributed by atoms with E-state index in [9.17, 15) is 4.79 Å². The van der Waals surface area contributed by atoms with Crippen LogP contribution >= 0.6 is 0 Å². The average Bonchev–Trinajstić information content (AvgIpc) is 2.60. The Morgan fingerprint density at radius 3 is 2.68 bits per heavy atom. The van der Waals surface area contributed by atoms with Crippen molar-refractivity contribution in [2.45, 2.75) is 26.5 Å². The third-order valence-electron chi connectivity index (χ3n) is 3.65. The summed E-state index contributed by atoms with van der Waals surface area (Å²) in [6.07, 6.45) is 1.74. The molecule has 2 aromatic heterocycles. The average molecular weight is 336 g/mol. The minimum absolute atomic E-state index is 0.0352. The van der Waals surface area contributed by atoms with Crippen LogP contribution in [0, 0.1) is 0 Å². The Kier molecular flexibility index (Phi) is 4.79. The lowest BCUT2D eigenvalue weighted by molar-refractivity contribution is 0.239. The molecule has 2 N–H and O–H groups in total. The highest BCUT2D eigenvalue weighted by atomic mass is 16.5. The standard InChI is InChI=1S/C19H20N4O2/c1-13(2)25-17-8-4-3-6-14(17)12-23(19(20)24)18-10-9-15-16(22-18)7-5-11-21-15/h3-11,13H,12H2,1-2H3,(H2,20,24). The molecule has 2 heterocycles. The number of primary amides is 1. The Balaban J connectivity index is 1.95. The summed E-state index contributed by atoms with van der Waals surface area (Å²) in [5, 5.41) is 0. The Bertz CT molecular complexity index is 895. The van der Waals surface area contributed by atoms with Gasteiger partial charge in [-0.3, -0.25) is 9.88 Å². The first-order chi connectivity index (χ1) is 12.0. The van der Waals surface area contributed by atoms with Gasteiger partial charge in [-0.1, -0.05) is 18.2 Å². The summed E-state index contributed by atoms with van der Waals surface area (Å²) in [4.78, 5) is 22.2. The summed E-state index contributed by atoms with van der Waals surface area (Å²) in [6.45, 7) is 4.19. The monoisotopic (exact) mass is 336 g/mol. The zero-order chi connectivity index (χ0) is 17.8. The molecule has 0 aliphatic rings. The van der Waals surface area contributed by atoms with Gasteiger partial charge in [0.15, 0.2) is 0 Å². The van der Waals surface area contributed by atoms with Gasteiger partial charge in [-0.25, -0.2) is 9.78 Å². The highest BCUT2D eigenvalue weighted by molar-refractivity contribution is 5.91. The maximum absolute atomic E-state index is 12.0. The minimum atomic E-state index is -0.574. The second-order valence-electron chi connectivity index (χ2n) is 5.91. The summed E-state index contributed by atoms with van der Waals surface area (Å²) in [6, 6.07) is 14.2. The van der Waals surface area contributed by atoms with E-state index in [1.165, 1.54) is 4.90 Å². The number of anilines is 1. The van der Waals surface area contributed by atoms with Gasteiger partial charge in [0.1, 0.15) is 11.6 Å². The molecule has 0 saturated heterocycles. The van der Waals surface area contributed by atoms with Gasteiger partial charge in [-0.2, -0.15) is 0 Å². The van der Waals surface area contributed by atoms with E-state index in [1.54, 1.807) is 18.3 Å². The van der Waals surface area contributed by atoms with Crippen LogP contribution < -0.4 is 15.4 Å². The molecular formula is C19H20N4O2. The fraction of sp³-hybridized carbons (Fsp3) is 0.211. The fourth-order valence-electron chi connectivity index (χ4n) is 2.54. The number of nitrogens with zero attached hydrogens (tertiary/aromatic N) is 3. The zero-order valence-electron chi connectivity index (χ0n) is 14.2. The topological polar surface area (TPSA) is 81.3 Å². The number of urea groups is 1. The third-order valence-corrected chi connectivity index (χ3v) is 3.65. The van der Waals surface area contributed by atoms with Crippen LogP contribution in [0.15, 0.2) is 54.7 Å². The van der Waals surface area contributed by atoms with Crippen LogP contribution in [0.4, 0.5) is 10.6 Å². The van der Waals surface area contributed by atoms with E-state index in [4.69, 9.17) is 10.5 Å². The molecule has 0 aliphatic heterocycles. The number of nitrogens with two attached hydrogens (primary N) is 1. The van der Waals surface area contributed by atoms with Gasteiger partial charge >= 0.3 is 6.03 Å². The lowest BCUT2D eigenvalue weighted by Crippen LogP contribution is -2.36. The first kappa shape index (κ1) is 16.7. The Morgan fingerprint density at radius 1 is 1.12 bits per heavy atom. The van der Waals surface area contributed by atoms with Crippen molar-refractivity contribution >= 4 is 22.9 Å². The number of pyridine rings is 2. The summed E-state index contributed by atoms with van der Waals surface area (Å²) in [5.74, 6) is 1.21. The number of hydrogen-bond acceptors (Lipinski definition) is 4. The van der Waals surface area contributed by atoms with Gasteiger partial charge in [0, 0.05) is 11.8 Å². The summed E-state index contributed by atoms with van der Waals surface area (Å²) >= 11 is 0. The van der Waals surface area contributed by atoms with Gasteiger partial charge in [-0.15, -0.1) is 0 Å². The lowest BCUT2D eigenvalue weighted by Gasteiger charge is -2.22. The first-order valence-corrected chi connectivity index (χ1v) is 8.08. The zero-order valence-corrected chi connectivity index (χ0v) is 14.2. The molecule has 0 bridgehead atoms. The highest BCUT2D eigenvalue weighted by Crippen LogP contribution is 2.24. The number of para-hydroxylation sites is 1. The van der Waals surface area contributed by atoms with Crippen molar-refractivity contribution in [3.8, 4) is 5.75 Å². The van der Waals surface area contributed by atoms with E-state index in [-0.39, 0.29) is 12.6 Å². The van der Waals surface area contributed by atoms with E-state index in [0.29, 0.717) is 11.3 Å². The number of aromatic nitrogens is 2. The van der Waals surface area contributed by atoms with Crippen LogP contribution in [0.1, 0.15) is 19.4 Å². The third kappa shape index (κ3) is 3.85. The van der Waals surface area contributed by atoms with Gasteiger partial charge in [0.05, 0.1) is 23.7 Å². The first-order valence-electron chi connectivity index (χ1n) is 8.08. The molecule has 6 heteroatoms. The predicted molar refractivity (Wildman–Crippen MR) is 97.5 cm³/mol. The van der Waals surface area contributed by atoms with Crippen LogP contribution in [0.3, 0.4) is 0 Å².